The van der Waals surface area contributed by atoms with Crippen molar-refractivity contribution in [1.82, 2.24) is 0 Å². The van der Waals surface area contributed by atoms with E-state index < -0.39 is 17.0 Å². The van der Waals surface area contributed by atoms with Crippen LogP contribution in [-0.4, -0.2) is 42.4 Å². The van der Waals surface area contributed by atoms with Crippen molar-refractivity contribution in [3.8, 4) is 0 Å². The number of hydrogen-bond acceptors (Lipinski definition) is 6. The first-order chi connectivity index (χ1) is 12.9. The van der Waals surface area contributed by atoms with Gasteiger partial charge in [-0.15, -0.1) is 0 Å². The van der Waals surface area contributed by atoms with E-state index in [9.17, 15) is 24.8 Å². The van der Waals surface area contributed by atoms with E-state index in [0.717, 1.165) is 22.6 Å². The van der Waals surface area contributed by atoms with Crippen molar-refractivity contribution in [1.29, 1.82) is 0 Å². The van der Waals surface area contributed by atoms with E-state index in [1.807, 2.05) is 6.07 Å². The number of rotatable bonds is 8. The fourth-order valence-corrected chi connectivity index (χ4v) is 2.33. The summed E-state index contributed by atoms with van der Waals surface area (Å²) in [4.78, 5) is 35.4. The normalized spacial score (nSPS) is 10.3. The second-order valence-corrected chi connectivity index (χ2v) is 5.45. The number of methoxy groups -OCH3 is 1. The molecule has 0 aliphatic rings. The largest absolute Gasteiger partial charge is 0.478 e. The number of nitro benzene ring substituents is 1. The van der Waals surface area contributed by atoms with Gasteiger partial charge >= 0.3 is 12.1 Å². The van der Waals surface area contributed by atoms with Gasteiger partial charge in [-0.2, -0.15) is 0 Å². The second-order valence-electron chi connectivity index (χ2n) is 5.45. The summed E-state index contributed by atoms with van der Waals surface area (Å²) in [6, 6.07) is 12.2. The number of ether oxygens (including phenoxy) is 2. The Morgan fingerprint density at radius 3 is 2.48 bits per heavy atom. The molecule has 0 saturated heterocycles. The smallest absolute Gasteiger partial charge is 0.414 e. The lowest BCUT2D eigenvalue weighted by Gasteiger charge is -2.23. The maximum Gasteiger partial charge on any atom is 0.414 e. The maximum atomic E-state index is 12.5. The number of hydrogen-bond donors (Lipinski definition) is 1. The average Bonchev–Trinajstić information content (AvgIpc) is 2.67. The predicted molar refractivity (Wildman–Crippen MR) is 95.9 cm³/mol. The first-order valence-electron chi connectivity index (χ1n) is 7.93. The third kappa shape index (κ3) is 5.25. The highest BCUT2D eigenvalue weighted by atomic mass is 16.6. The molecule has 1 N–H and O–H groups in total. The number of carbonyl (C=O) groups excluding carboxylic acids is 1. The van der Waals surface area contributed by atoms with Gasteiger partial charge in [0.2, 0.25) is 0 Å². The molecule has 0 fully saturated rings. The first-order valence-corrected chi connectivity index (χ1v) is 7.93. The molecule has 2 rings (SSSR count). The summed E-state index contributed by atoms with van der Waals surface area (Å²) in [5.41, 5.74) is -0.0135. The molecule has 9 nitrogen and oxygen atoms in total. The summed E-state index contributed by atoms with van der Waals surface area (Å²) in [7, 11) is 1.43. The Morgan fingerprint density at radius 2 is 1.89 bits per heavy atom. The highest BCUT2D eigenvalue weighted by Gasteiger charge is 2.25. The van der Waals surface area contributed by atoms with Crippen molar-refractivity contribution in [2.24, 2.45) is 0 Å². The van der Waals surface area contributed by atoms with E-state index in [4.69, 9.17) is 9.47 Å². The molecule has 27 heavy (non-hydrogen) atoms. The minimum absolute atomic E-state index is 0.00145. The van der Waals surface area contributed by atoms with E-state index >= 15 is 0 Å². The van der Waals surface area contributed by atoms with Crippen molar-refractivity contribution in [2.45, 2.75) is 6.61 Å². The zero-order chi connectivity index (χ0) is 19.8. The van der Waals surface area contributed by atoms with Crippen LogP contribution < -0.4 is 4.90 Å². The van der Waals surface area contributed by atoms with Crippen LogP contribution in [0.3, 0.4) is 0 Å². The fraction of sp³-hybridized carbons (Fsp3) is 0.222. The number of anilines is 1. The molecule has 0 saturated carbocycles. The number of carboxylic acid groups (broad SMARTS) is 1. The molecule has 0 unspecified atom stereocenters. The molecule has 142 valence electrons. The molecule has 2 aromatic carbocycles. The summed E-state index contributed by atoms with van der Waals surface area (Å²) in [6.45, 7) is 0.136. The van der Waals surface area contributed by atoms with Gasteiger partial charge in [0.25, 0.3) is 5.69 Å². The summed E-state index contributed by atoms with van der Waals surface area (Å²) in [5, 5.41) is 20.3. The summed E-state index contributed by atoms with van der Waals surface area (Å²) < 4.78 is 10.2. The van der Waals surface area contributed by atoms with Crippen LogP contribution in [0.5, 0.6) is 0 Å². The highest BCUT2D eigenvalue weighted by Crippen LogP contribution is 2.26. The lowest BCUT2D eigenvalue weighted by molar-refractivity contribution is -0.384. The maximum absolute atomic E-state index is 12.5. The molecule has 1 amide bonds. The van der Waals surface area contributed by atoms with Crippen LogP contribution in [0.1, 0.15) is 15.9 Å². The van der Waals surface area contributed by atoms with Crippen LogP contribution in [0.4, 0.5) is 16.2 Å². The van der Waals surface area contributed by atoms with Crippen molar-refractivity contribution in [3.63, 3.8) is 0 Å². The number of aromatic carboxylic acids is 1. The van der Waals surface area contributed by atoms with Gasteiger partial charge in [0.1, 0.15) is 6.61 Å². The Balaban J connectivity index is 2.30. The first kappa shape index (κ1) is 19.9. The lowest BCUT2D eigenvalue weighted by atomic mass is 10.1. The number of carboxylic acids is 1. The van der Waals surface area contributed by atoms with Crippen LogP contribution in [0.15, 0.2) is 48.5 Å². The third-order valence-corrected chi connectivity index (χ3v) is 3.66. The van der Waals surface area contributed by atoms with E-state index in [2.05, 4.69) is 0 Å². The fourth-order valence-electron chi connectivity index (χ4n) is 2.33. The molecule has 2 aromatic rings. The van der Waals surface area contributed by atoms with Gasteiger partial charge in [-0.25, -0.2) is 9.59 Å². The van der Waals surface area contributed by atoms with E-state index in [1.165, 1.54) is 13.2 Å². The molecular weight excluding hydrogens is 356 g/mol. The van der Waals surface area contributed by atoms with Crippen LogP contribution in [0.2, 0.25) is 0 Å². The third-order valence-electron chi connectivity index (χ3n) is 3.66. The van der Waals surface area contributed by atoms with Gasteiger partial charge in [-0.1, -0.05) is 30.3 Å². The van der Waals surface area contributed by atoms with Crippen molar-refractivity contribution >= 4 is 23.4 Å². The summed E-state index contributed by atoms with van der Waals surface area (Å²) >= 11 is 0. The Bertz CT molecular complexity index is 824. The number of nitrogens with zero attached hydrogens (tertiary/aromatic N) is 2. The predicted octanol–water partition coefficient (Wildman–Crippen LogP) is 3.08. The minimum atomic E-state index is -1.40. The number of non-ortho nitro benzene ring substituents is 1. The number of carbonyl (C=O) groups is 2. The van der Waals surface area contributed by atoms with Gasteiger partial charge in [0.05, 0.1) is 29.3 Å². The van der Waals surface area contributed by atoms with Crippen molar-refractivity contribution in [2.75, 3.05) is 25.2 Å². The topological polar surface area (TPSA) is 119 Å². The van der Waals surface area contributed by atoms with E-state index in [0.29, 0.717) is 0 Å². The van der Waals surface area contributed by atoms with Gasteiger partial charge in [0, 0.05) is 19.2 Å². The van der Waals surface area contributed by atoms with Gasteiger partial charge in [-0.3, -0.25) is 15.0 Å². The van der Waals surface area contributed by atoms with E-state index in [-0.39, 0.29) is 36.7 Å². The summed E-state index contributed by atoms with van der Waals surface area (Å²) in [6.07, 6.45) is -0.785. The lowest BCUT2D eigenvalue weighted by Crippen LogP contribution is -2.35. The molecule has 0 radical (unpaired) electrons. The Morgan fingerprint density at radius 1 is 1.19 bits per heavy atom. The molecule has 0 aliphatic heterocycles. The van der Waals surface area contributed by atoms with Gasteiger partial charge in [-0.05, 0) is 11.6 Å². The highest BCUT2D eigenvalue weighted by molar-refractivity contribution is 6.00. The quantitative estimate of drug-likeness (QED) is 0.557. The van der Waals surface area contributed by atoms with Crippen LogP contribution in [0.25, 0.3) is 0 Å². The zero-order valence-corrected chi connectivity index (χ0v) is 14.5. The standard InChI is InChI=1S/C18H18N2O7/c1-26-10-9-19(18(23)27-12-13-5-3-2-4-6-13)16-8-7-14(20(24)25)11-15(16)17(21)22/h2-8,11H,9-10,12H2,1H3,(H,21,22). The van der Waals surface area contributed by atoms with Crippen LogP contribution in [-0.2, 0) is 16.1 Å². The molecule has 0 aromatic heterocycles. The molecule has 0 heterocycles. The number of amides is 1. The van der Waals surface area contributed by atoms with Gasteiger partial charge < -0.3 is 14.6 Å². The van der Waals surface area contributed by atoms with Crippen LogP contribution in [0, 0.1) is 10.1 Å². The Kier molecular flexibility index (Phi) is 6.84. The van der Waals surface area contributed by atoms with Crippen molar-refractivity contribution in [3.05, 3.63) is 69.8 Å². The Labute approximate surface area is 154 Å². The molecule has 9 heteroatoms. The number of nitro groups is 1. The molecule has 0 spiro atoms. The zero-order valence-electron chi connectivity index (χ0n) is 14.5. The minimum Gasteiger partial charge on any atom is -0.478 e. The van der Waals surface area contributed by atoms with Gasteiger partial charge in [0.15, 0.2) is 0 Å². The molecule has 0 aliphatic carbocycles. The Hall–Kier alpha value is -3.46. The molecule has 0 atom stereocenters. The molecule has 0 bridgehead atoms. The van der Waals surface area contributed by atoms with Crippen molar-refractivity contribution < 1.29 is 29.1 Å². The SMILES string of the molecule is COCCN(C(=O)OCc1ccccc1)c1ccc([N+](=O)[O-])cc1C(=O)O. The van der Waals surface area contributed by atoms with E-state index in [1.54, 1.807) is 24.3 Å². The average molecular weight is 374 g/mol. The summed E-state index contributed by atoms with van der Waals surface area (Å²) in [5.74, 6) is -1.40. The molecular formula is C18H18N2O7. The monoisotopic (exact) mass is 374 g/mol. The van der Waals surface area contributed by atoms with Crippen LogP contribution >= 0.6 is 0 Å². The number of benzene rings is 2. The second kappa shape index (κ2) is 9.30.